The summed E-state index contributed by atoms with van der Waals surface area (Å²) in [7, 11) is 0. The van der Waals surface area contributed by atoms with Gasteiger partial charge in [-0.05, 0) is 170 Å². The molecule has 0 amide bonds. The van der Waals surface area contributed by atoms with Gasteiger partial charge in [-0.3, -0.25) is 0 Å². The molecule has 0 atom stereocenters. The summed E-state index contributed by atoms with van der Waals surface area (Å²) in [6, 6.07) is 74.6. The summed E-state index contributed by atoms with van der Waals surface area (Å²) in [5, 5.41) is 9.94. The van der Waals surface area contributed by atoms with E-state index in [1.165, 1.54) is 93.0 Å². The van der Waals surface area contributed by atoms with Crippen molar-refractivity contribution in [3.63, 3.8) is 0 Å². The number of hydrogen-bond acceptors (Lipinski definition) is 2. The Bertz CT molecular complexity index is 3360. The summed E-state index contributed by atoms with van der Waals surface area (Å²) in [5.41, 5.74) is 18.0. The van der Waals surface area contributed by atoms with Gasteiger partial charge in [0.25, 0.3) is 0 Å². The monoisotopic (exact) mass is 807 g/mol. The first-order valence-electron chi connectivity index (χ1n) is 21.9. The van der Waals surface area contributed by atoms with Gasteiger partial charge in [-0.1, -0.05) is 113 Å². The third-order valence-electron chi connectivity index (χ3n) is 13.1. The van der Waals surface area contributed by atoms with E-state index in [4.69, 9.17) is 0 Å². The topological polar surface area (TPSA) is 10.9 Å². The molecule has 0 N–H and O–H groups in total. The zero-order valence-corrected chi connectivity index (χ0v) is 35.9. The summed E-state index contributed by atoms with van der Waals surface area (Å²) in [6.45, 7) is 8.58. The standard InChI is InChI=1S/C60H45N3/c1-38-10-20-48(21-11-38)61(49-22-12-39(2)13-23-49)52-28-18-43-32-54-56-34-47(42-8-6-5-7-9-42)35-57-55-33-44-19-29-53(31-46(44)37-59(55)63(60(56)57)58(54)36-45(43)30-52)62(50-24-14-40(3)15-25-50)51-26-16-41(4)17-27-51/h5-37H,1-4H3. The van der Waals surface area contributed by atoms with E-state index in [2.05, 4.69) is 242 Å². The average Bonchev–Trinajstić information content (AvgIpc) is 3.80. The highest BCUT2D eigenvalue weighted by Crippen LogP contribution is 2.46. The molecule has 10 aromatic carbocycles. The van der Waals surface area contributed by atoms with Gasteiger partial charge in [0.2, 0.25) is 0 Å². The summed E-state index contributed by atoms with van der Waals surface area (Å²) < 4.78 is 2.54. The van der Waals surface area contributed by atoms with E-state index in [-0.39, 0.29) is 0 Å². The van der Waals surface area contributed by atoms with E-state index in [9.17, 15) is 0 Å². The normalized spacial score (nSPS) is 11.8. The van der Waals surface area contributed by atoms with Crippen LogP contribution in [-0.2, 0) is 0 Å². The van der Waals surface area contributed by atoms with Gasteiger partial charge in [-0.15, -0.1) is 0 Å². The summed E-state index contributed by atoms with van der Waals surface area (Å²) in [5.74, 6) is 0. The maximum absolute atomic E-state index is 2.54. The van der Waals surface area contributed by atoms with Gasteiger partial charge < -0.3 is 14.2 Å². The molecule has 0 aliphatic rings. The molecule has 0 radical (unpaired) electrons. The number of benzene rings is 10. The Morgan fingerprint density at radius 2 is 0.651 bits per heavy atom. The predicted molar refractivity (Wildman–Crippen MR) is 270 cm³/mol. The lowest BCUT2D eigenvalue weighted by Gasteiger charge is -2.26. The third kappa shape index (κ3) is 6.19. The molecule has 12 rings (SSSR count). The zero-order chi connectivity index (χ0) is 42.3. The van der Waals surface area contributed by atoms with E-state index in [1.54, 1.807) is 0 Å². The van der Waals surface area contributed by atoms with Crippen LogP contribution >= 0.6 is 0 Å². The maximum Gasteiger partial charge on any atom is 0.0620 e. The zero-order valence-electron chi connectivity index (χ0n) is 35.9. The van der Waals surface area contributed by atoms with E-state index < -0.39 is 0 Å². The number of fused-ring (bicyclic) bond motifs is 8. The number of nitrogens with zero attached hydrogens (tertiary/aromatic N) is 3. The lowest BCUT2D eigenvalue weighted by molar-refractivity contribution is 1.27. The molecule has 3 nitrogen and oxygen atoms in total. The highest BCUT2D eigenvalue weighted by Gasteiger charge is 2.22. The number of hydrogen-bond donors (Lipinski definition) is 0. The molecule has 0 saturated heterocycles. The second-order valence-corrected chi connectivity index (χ2v) is 17.4. The molecule has 0 aliphatic heterocycles. The Morgan fingerprint density at radius 3 is 1.03 bits per heavy atom. The fourth-order valence-corrected chi connectivity index (χ4v) is 9.75. The predicted octanol–water partition coefficient (Wildman–Crippen LogP) is 17.0. The number of rotatable bonds is 7. The van der Waals surface area contributed by atoms with Crippen LogP contribution < -0.4 is 9.80 Å². The highest BCUT2D eigenvalue weighted by atomic mass is 15.1. The van der Waals surface area contributed by atoms with Crippen LogP contribution in [0, 0.1) is 27.7 Å². The lowest BCUT2D eigenvalue weighted by Crippen LogP contribution is -2.09. The minimum atomic E-state index is 1.13. The van der Waals surface area contributed by atoms with E-state index in [0.717, 1.165) is 34.1 Å². The smallest absolute Gasteiger partial charge is 0.0620 e. The van der Waals surface area contributed by atoms with Crippen LogP contribution in [0.4, 0.5) is 34.1 Å². The Balaban J connectivity index is 1.10. The van der Waals surface area contributed by atoms with Crippen LogP contribution in [0.2, 0.25) is 0 Å². The molecule has 0 saturated carbocycles. The van der Waals surface area contributed by atoms with Crippen molar-refractivity contribution in [2.75, 3.05) is 9.80 Å². The van der Waals surface area contributed by atoms with Crippen LogP contribution in [0.5, 0.6) is 0 Å². The fourth-order valence-electron chi connectivity index (χ4n) is 9.75. The molecule has 2 heterocycles. The maximum atomic E-state index is 2.54. The van der Waals surface area contributed by atoms with Crippen molar-refractivity contribution in [3.05, 3.63) is 222 Å². The molecule has 63 heavy (non-hydrogen) atoms. The number of aromatic nitrogens is 1. The second kappa shape index (κ2) is 14.4. The van der Waals surface area contributed by atoms with Crippen molar-refractivity contribution >= 4 is 93.8 Å². The van der Waals surface area contributed by atoms with E-state index >= 15 is 0 Å². The van der Waals surface area contributed by atoms with Crippen molar-refractivity contribution in [2.45, 2.75) is 27.7 Å². The minimum Gasteiger partial charge on any atom is -0.310 e. The minimum absolute atomic E-state index is 1.13. The largest absolute Gasteiger partial charge is 0.310 e. The van der Waals surface area contributed by atoms with Gasteiger partial charge in [-0.25, -0.2) is 0 Å². The Kier molecular flexibility index (Phi) is 8.42. The highest BCUT2D eigenvalue weighted by molar-refractivity contribution is 6.27. The molecular weight excluding hydrogens is 763 g/mol. The first-order chi connectivity index (χ1) is 30.8. The Morgan fingerprint density at radius 1 is 0.286 bits per heavy atom. The van der Waals surface area contributed by atoms with Gasteiger partial charge in [0.15, 0.2) is 0 Å². The molecule has 0 spiro atoms. The molecule has 12 aromatic rings. The van der Waals surface area contributed by atoms with Crippen molar-refractivity contribution in [1.29, 1.82) is 0 Å². The lowest BCUT2D eigenvalue weighted by atomic mass is 9.97. The van der Waals surface area contributed by atoms with Crippen molar-refractivity contribution in [2.24, 2.45) is 0 Å². The summed E-state index contributed by atoms with van der Waals surface area (Å²) >= 11 is 0. The van der Waals surface area contributed by atoms with Crippen LogP contribution in [-0.4, -0.2) is 4.40 Å². The van der Waals surface area contributed by atoms with Gasteiger partial charge in [0.05, 0.1) is 16.6 Å². The third-order valence-corrected chi connectivity index (χ3v) is 13.1. The first kappa shape index (κ1) is 36.9. The summed E-state index contributed by atoms with van der Waals surface area (Å²) in [4.78, 5) is 4.74. The molecular formula is C60H45N3. The van der Waals surface area contributed by atoms with Crippen molar-refractivity contribution in [3.8, 4) is 11.1 Å². The van der Waals surface area contributed by atoms with Crippen molar-refractivity contribution < 1.29 is 0 Å². The second-order valence-electron chi connectivity index (χ2n) is 17.4. The van der Waals surface area contributed by atoms with Gasteiger partial charge in [0, 0.05) is 55.7 Å². The molecule has 300 valence electrons. The Labute approximate surface area is 367 Å². The number of aryl methyl sites for hydroxylation is 4. The van der Waals surface area contributed by atoms with Crippen LogP contribution in [0.3, 0.4) is 0 Å². The van der Waals surface area contributed by atoms with Gasteiger partial charge >= 0.3 is 0 Å². The van der Waals surface area contributed by atoms with E-state index in [0.29, 0.717) is 0 Å². The molecule has 0 fully saturated rings. The molecule has 2 aromatic heterocycles. The van der Waals surface area contributed by atoms with Crippen molar-refractivity contribution in [1.82, 2.24) is 4.40 Å². The van der Waals surface area contributed by atoms with Gasteiger partial charge in [-0.2, -0.15) is 0 Å². The SMILES string of the molecule is Cc1ccc(N(c2ccc(C)cc2)c2ccc3cc4c5cc(-c6ccccc6)cc6c7cc8ccc(N(c9ccc(C)cc9)c9ccc(C)cc9)cc8cc7n(c4cc3c2)c56)cc1. The molecule has 0 unspecified atom stereocenters. The van der Waals surface area contributed by atoms with E-state index in [1.807, 2.05) is 0 Å². The fraction of sp³-hybridized carbons (Fsp3) is 0.0667. The average molecular weight is 808 g/mol. The molecule has 3 heteroatoms. The van der Waals surface area contributed by atoms with Crippen LogP contribution in [0.25, 0.3) is 70.8 Å². The van der Waals surface area contributed by atoms with Crippen LogP contribution in [0.15, 0.2) is 200 Å². The molecule has 0 aliphatic carbocycles. The first-order valence-corrected chi connectivity index (χ1v) is 21.9. The molecule has 0 bridgehead atoms. The summed E-state index contributed by atoms with van der Waals surface area (Å²) in [6.07, 6.45) is 0. The quantitative estimate of drug-likeness (QED) is 0.159. The van der Waals surface area contributed by atoms with Gasteiger partial charge in [0.1, 0.15) is 0 Å². The van der Waals surface area contributed by atoms with Crippen LogP contribution in [0.1, 0.15) is 22.3 Å². The Hall–Kier alpha value is -7.88. The number of anilines is 6.